The summed E-state index contributed by atoms with van der Waals surface area (Å²) in [6.45, 7) is 10.7. The Morgan fingerprint density at radius 3 is 2.58 bits per heavy atom. The summed E-state index contributed by atoms with van der Waals surface area (Å²) in [5, 5.41) is 3.33. The van der Waals surface area contributed by atoms with Crippen LogP contribution in [0.25, 0.3) is 0 Å². The van der Waals surface area contributed by atoms with Gasteiger partial charge in [-0.1, -0.05) is 0 Å². The van der Waals surface area contributed by atoms with E-state index in [1.165, 1.54) is 13.1 Å². The van der Waals surface area contributed by atoms with Gasteiger partial charge in [0.2, 0.25) is 0 Å². The first-order valence-corrected chi connectivity index (χ1v) is 4.83. The molecule has 0 amide bonds. The number of nitrogens with zero attached hydrogens (tertiary/aromatic N) is 1. The summed E-state index contributed by atoms with van der Waals surface area (Å²) < 4.78 is 5.48. The first-order chi connectivity index (χ1) is 5.79. The Hall–Kier alpha value is -0.120. The number of hydrogen-bond donors (Lipinski definition) is 1. The van der Waals surface area contributed by atoms with Gasteiger partial charge in [0.25, 0.3) is 0 Å². The van der Waals surface area contributed by atoms with E-state index in [0.29, 0.717) is 6.10 Å². The van der Waals surface area contributed by atoms with Crippen LogP contribution in [0.15, 0.2) is 0 Å². The minimum absolute atomic E-state index is 0.368. The highest BCUT2D eigenvalue weighted by Crippen LogP contribution is 1.93. The van der Waals surface area contributed by atoms with Gasteiger partial charge in [-0.25, -0.2) is 0 Å². The summed E-state index contributed by atoms with van der Waals surface area (Å²) in [6, 6.07) is 0. The normalized spacial score (nSPS) is 20.2. The van der Waals surface area contributed by atoms with Crippen LogP contribution in [0.2, 0.25) is 0 Å². The van der Waals surface area contributed by atoms with Gasteiger partial charge in [-0.2, -0.15) is 0 Å². The van der Waals surface area contributed by atoms with Crippen LogP contribution in [-0.4, -0.2) is 50.3 Å². The molecule has 0 radical (unpaired) electrons. The Balaban J connectivity index is 1.98. The van der Waals surface area contributed by atoms with E-state index in [1.54, 1.807) is 0 Å². The second-order valence-corrected chi connectivity index (χ2v) is 3.51. The molecule has 0 atom stereocenters. The van der Waals surface area contributed by atoms with Gasteiger partial charge in [0, 0.05) is 32.7 Å². The fraction of sp³-hybridized carbons (Fsp3) is 1.00. The third kappa shape index (κ3) is 4.04. The van der Waals surface area contributed by atoms with Crippen molar-refractivity contribution in [3.63, 3.8) is 0 Å². The maximum absolute atomic E-state index is 5.48. The van der Waals surface area contributed by atoms with Crippen molar-refractivity contribution in [2.24, 2.45) is 0 Å². The molecule has 0 aromatic carbocycles. The third-order valence-corrected chi connectivity index (χ3v) is 2.07. The molecule has 1 rings (SSSR count). The number of piperazine rings is 1. The molecule has 1 aliphatic rings. The highest BCUT2D eigenvalue weighted by atomic mass is 16.5. The number of hydrogen-bond acceptors (Lipinski definition) is 3. The van der Waals surface area contributed by atoms with E-state index >= 15 is 0 Å². The predicted octanol–water partition coefficient (Wildman–Crippen LogP) is 0.317. The predicted molar refractivity (Wildman–Crippen MR) is 50.4 cm³/mol. The van der Waals surface area contributed by atoms with Crippen LogP contribution in [0.4, 0.5) is 0 Å². The lowest BCUT2D eigenvalue weighted by molar-refractivity contribution is 0.0566. The maximum Gasteiger partial charge on any atom is 0.0596 e. The first kappa shape index (κ1) is 9.96. The standard InChI is InChI=1S/C9H20N2O/c1-9(2)12-8-7-11-5-3-10-4-6-11/h9-10H,3-8H2,1-2H3. The summed E-state index contributed by atoms with van der Waals surface area (Å²) in [4.78, 5) is 2.44. The molecule has 1 N–H and O–H groups in total. The molecule has 0 bridgehead atoms. The molecular formula is C9H20N2O. The Morgan fingerprint density at radius 1 is 1.33 bits per heavy atom. The zero-order valence-electron chi connectivity index (χ0n) is 8.18. The molecule has 3 heteroatoms. The van der Waals surface area contributed by atoms with Crippen molar-refractivity contribution in [2.45, 2.75) is 20.0 Å². The zero-order chi connectivity index (χ0) is 8.81. The molecular weight excluding hydrogens is 152 g/mol. The van der Waals surface area contributed by atoms with Gasteiger partial charge >= 0.3 is 0 Å². The monoisotopic (exact) mass is 172 g/mol. The van der Waals surface area contributed by atoms with Crippen LogP contribution < -0.4 is 5.32 Å². The molecule has 1 saturated heterocycles. The highest BCUT2D eigenvalue weighted by molar-refractivity contribution is 4.66. The molecule has 72 valence electrons. The van der Waals surface area contributed by atoms with Crippen molar-refractivity contribution in [3.05, 3.63) is 0 Å². The van der Waals surface area contributed by atoms with E-state index in [-0.39, 0.29) is 0 Å². The Bertz CT molecular complexity index is 111. The van der Waals surface area contributed by atoms with Gasteiger partial charge in [0.15, 0.2) is 0 Å². The van der Waals surface area contributed by atoms with Gasteiger partial charge in [0.05, 0.1) is 12.7 Å². The summed E-state index contributed by atoms with van der Waals surface area (Å²) in [7, 11) is 0. The van der Waals surface area contributed by atoms with Crippen molar-refractivity contribution in [1.29, 1.82) is 0 Å². The maximum atomic E-state index is 5.48. The van der Waals surface area contributed by atoms with Gasteiger partial charge in [0.1, 0.15) is 0 Å². The Morgan fingerprint density at radius 2 is 2.00 bits per heavy atom. The average molecular weight is 172 g/mol. The van der Waals surface area contributed by atoms with E-state index in [2.05, 4.69) is 24.1 Å². The van der Waals surface area contributed by atoms with Crippen LogP contribution in [0, 0.1) is 0 Å². The minimum atomic E-state index is 0.368. The fourth-order valence-electron chi connectivity index (χ4n) is 1.35. The molecule has 0 aliphatic carbocycles. The van der Waals surface area contributed by atoms with Gasteiger partial charge in [-0.3, -0.25) is 4.90 Å². The van der Waals surface area contributed by atoms with Crippen LogP contribution in [-0.2, 0) is 4.74 Å². The molecule has 0 unspecified atom stereocenters. The lowest BCUT2D eigenvalue weighted by atomic mass is 10.3. The summed E-state index contributed by atoms with van der Waals surface area (Å²) in [5.74, 6) is 0. The second kappa shape index (κ2) is 5.51. The van der Waals surface area contributed by atoms with E-state index in [4.69, 9.17) is 4.74 Å². The molecule has 1 fully saturated rings. The third-order valence-electron chi connectivity index (χ3n) is 2.07. The average Bonchev–Trinajstić information content (AvgIpc) is 2.05. The van der Waals surface area contributed by atoms with Crippen LogP contribution in [0.5, 0.6) is 0 Å². The van der Waals surface area contributed by atoms with Crippen molar-refractivity contribution < 1.29 is 4.74 Å². The molecule has 0 spiro atoms. The van der Waals surface area contributed by atoms with E-state index < -0.39 is 0 Å². The van der Waals surface area contributed by atoms with Gasteiger partial charge < -0.3 is 10.1 Å². The fourth-order valence-corrected chi connectivity index (χ4v) is 1.35. The van der Waals surface area contributed by atoms with Crippen LogP contribution in [0.1, 0.15) is 13.8 Å². The minimum Gasteiger partial charge on any atom is -0.377 e. The van der Waals surface area contributed by atoms with Gasteiger partial charge in [-0.15, -0.1) is 0 Å². The van der Waals surface area contributed by atoms with E-state index in [9.17, 15) is 0 Å². The highest BCUT2D eigenvalue weighted by Gasteiger charge is 2.08. The zero-order valence-corrected chi connectivity index (χ0v) is 8.18. The molecule has 0 aromatic rings. The summed E-state index contributed by atoms with van der Waals surface area (Å²) >= 11 is 0. The molecule has 1 heterocycles. The summed E-state index contributed by atoms with van der Waals surface area (Å²) in [6.07, 6.45) is 0.368. The lowest BCUT2D eigenvalue weighted by Crippen LogP contribution is -2.44. The Kier molecular flexibility index (Phi) is 4.58. The smallest absolute Gasteiger partial charge is 0.0596 e. The number of ether oxygens (including phenoxy) is 1. The van der Waals surface area contributed by atoms with Gasteiger partial charge in [-0.05, 0) is 13.8 Å². The van der Waals surface area contributed by atoms with Crippen molar-refractivity contribution >= 4 is 0 Å². The van der Waals surface area contributed by atoms with E-state index in [0.717, 1.165) is 26.2 Å². The largest absolute Gasteiger partial charge is 0.377 e. The topological polar surface area (TPSA) is 24.5 Å². The molecule has 12 heavy (non-hydrogen) atoms. The van der Waals surface area contributed by atoms with Crippen LogP contribution >= 0.6 is 0 Å². The second-order valence-electron chi connectivity index (χ2n) is 3.51. The van der Waals surface area contributed by atoms with Crippen molar-refractivity contribution in [2.75, 3.05) is 39.3 Å². The molecule has 1 aliphatic heterocycles. The van der Waals surface area contributed by atoms with Crippen LogP contribution in [0.3, 0.4) is 0 Å². The first-order valence-electron chi connectivity index (χ1n) is 4.83. The summed E-state index contributed by atoms with van der Waals surface area (Å²) in [5.41, 5.74) is 0. The van der Waals surface area contributed by atoms with Crippen molar-refractivity contribution in [1.82, 2.24) is 10.2 Å². The molecule has 0 saturated carbocycles. The molecule has 3 nitrogen and oxygen atoms in total. The lowest BCUT2D eigenvalue weighted by Gasteiger charge is -2.27. The number of nitrogens with one attached hydrogen (secondary N) is 1. The quantitative estimate of drug-likeness (QED) is 0.661. The molecule has 0 aromatic heterocycles. The Labute approximate surface area is 75.1 Å². The van der Waals surface area contributed by atoms with Crippen molar-refractivity contribution in [3.8, 4) is 0 Å². The van der Waals surface area contributed by atoms with E-state index in [1.807, 2.05) is 0 Å². The SMILES string of the molecule is CC(C)OCCN1CCNCC1. The number of rotatable bonds is 4.